The van der Waals surface area contributed by atoms with Gasteiger partial charge in [0.15, 0.2) is 9.84 Å². The van der Waals surface area contributed by atoms with Crippen molar-refractivity contribution < 1.29 is 12.8 Å². The molecule has 0 aliphatic carbocycles. The molecular weight excluding hydrogens is 308 g/mol. The Hall–Kier alpha value is -1.81. The molecule has 2 rings (SSSR count). The molecule has 0 aliphatic rings. The Morgan fingerprint density at radius 2 is 1.78 bits per heavy atom. The third kappa shape index (κ3) is 5.71. The van der Waals surface area contributed by atoms with Crippen molar-refractivity contribution in [2.45, 2.75) is 49.2 Å². The van der Waals surface area contributed by atoms with Crippen molar-refractivity contribution >= 4 is 9.84 Å². The summed E-state index contributed by atoms with van der Waals surface area (Å²) in [5.74, 6) is 0.854. The van der Waals surface area contributed by atoms with Crippen LogP contribution in [0.2, 0.25) is 0 Å². The summed E-state index contributed by atoms with van der Waals surface area (Å²) in [6, 6.07) is 10.4. The molecule has 0 bridgehead atoms. The van der Waals surface area contributed by atoms with E-state index >= 15 is 0 Å². The molecule has 0 unspecified atom stereocenters. The molecule has 0 atom stereocenters. The molecule has 0 spiro atoms. The largest absolute Gasteiger partial charge is 0.469 e. The van der Waals surface area contributed by atoms with Crippen molar-refractivity contribution in [3.8, 4) is 0 Å². The summed E-state index contributed by atoms with van der Waals surface area (Å²) in [4.78, 5) is 0.352. The van der Waals surface area contributed by atoms with Gasteiger partial charge in [-0.05, 0) is 37.5 Å². The lowest BCUT2D eigenvalue weighted by Crippen LogP contribution is -2.03. The SMILES string of the molecule is C=CCCCCCCc1cc(CS(=O)(=O)c2ccccc2)co1. The fourth-order valence-electron chi connectivity index (χ4n) is 2.51. The van der Waals surface area contributed by atoms with E-state index in [-0.39, 0.29) is 5.75 Å². The van der Waals surface area contributed by atoms with Gasteiger partial charge in [0.25, 0.3) is 0 Å². The molecule has 23 heavy (non-hydrogen) atoms. The van der Waals surface area contributed by atoms with Crippen LogP contribution in [-0.4, -0.2) is 8.42 Å². The van der Waals surface area contributed by atoms with Gasteiger partial charge in [-0.15, -0.1) is 6.58 Å². The summed E-state index contributed by atoms with van der Waals surface area (Å²) in [5, 5.41) is 0. The van der Waals surface area contributed by atoms with Crippen LogP contribution in [-0.2, 0) is 22.0 Å². The highest BCUT2D eigenvalue weighted by Crippen LogP contribution is 2.19. The van der Waals surface area contributed by atoms with Gasteiger partial charge in [-0.3, -0.25) is 0 Å². The Morgan fingerprint density at radius 1 is 1.04 bits per heavy atom. The topological polar surface area (TPSA) is 47.3 Å². The molecule has 0 saturated heterocycles. The van der Waals surface area contributed by atoms with Crippen molar-refractivity contribution in [1.29, 1.82) is 0 Å². The van der Waals surface area contributed by atoms with E-state index in [0.29, 0.717) is 4.90 Å². The van der Waals surface area contributed by atoms with Gasteiger partial charge in [0, 0.05) is 12.0 Å². The third-order valence-electron chi connectivity index (χ3n) is 3.75. The summed E-state index contributed by atoms with van der Waals surface area (Å²) in [6.45, 7) is 3.72. The van der Waals surface area contributed by atoms with E-state index in [9.17, 15) is 8.42 Å². The normalized spacial score (nSPS) is 11.5. The number of hydrogen-bond donors (Lipinski definition) is 0. The Morgan fingerprint density at radius 3 is 2.52 bits per heavy atom. The fraction of sp³-hybridized carbons (Fsp3) is 0.368. The summed E-state index contributed by atoms with van der Waals surface area (Å²) in [5.41, 5.74) is 0.718. The highest BCUT2D eigenvalue weighted by Gasteiger charge is 2.16. The van der Waals surface area contributed by atoms with Crippen LogP contribution in [0.15, 0.2) is 64.6 Å². The number of furan rings is 1. The van der Waals surface area contributed by atoms with Crippen LogP contribution in [0.5, 0.6) is 0 Å². The molecule has 124 valence electrons. The first-order chi connectivity index (χ1) is 11.1. The average Bonchev–Trinajstić information content (AvgIpc) is 2.98. The Labute approximate surface area is 139 Å². The Bertz CT molecular complexity index is 699. The summed E-state index contributed by atoms with van der Waals surface area (Å²) >= 11 is 0. The summed E-state index contributed by atoms with van der Waals surface area (Å²) in [7, 11) is -3.30. The molecule has 0 saturated carbocycles. The zero-order chi connectivity index (χ0) is 16.5. The molecule has 2 aromatic rings. The second-order valence-corrected chi connectivity index (χ2v) is 7.72. The molecule has 1 aromatic heterocycles. The first-order valence-corrected chi connectivity index (χ1v) is 9.72. The standard InChI is InChI=1S/C19H24O3S/c1-2-3-4-5-6-8-11-18-14-17(15-22-18)16-23(20,21)19-12-9-7-10-13-19/h2,7,9-10,12-15H,1,3-6,8,11,16H2. The van der Waals surface area contributed by atoms with Gasteiger partial charge in [0.1, 0.15) is 5.76 Å². The molecule has 4 heteroatoms. The van der Waals surface area contributed by atoms with Gasteiger partial charge in [0.05, 0.1) is 16.9 Å². The number of benzene rings is 1. The zero-order valence-corrected chi connectivity index (χ0v) is 14.2. The molecule has 3 nitrogen and oxygen atoms in total. The van der Waals surface area contributed by atoms with Crippen molar-refractivity contribution in [2.75, 3.05) is 0 Å². The maximum atomic E-state index is 12.3. The van der Waals surface area contributed by atoms with Gasteiger partial charge in [0.2, 0.25) is 0 Å². The van der Waals surface area contributed by atoms with E-state index in [1.807, 2.05) is 18.2 Å². The van der Waals surface area contributed by atoms with E-state index in [4.69, 9.17) is 4.42 Å². The molecule has 0 fully saturated rings. The van der Waals surface area contributed by atoms with Crippen LogP contribution in [0.1, 0.15) is 43.4 Å². The van der Waals surface area contributed by atoms with Crippen molar-refractivity contribution in [3.05, 3.63) is 66.6 Å². The quantitative estimate of drug-likeness (QED) is 0.458. The number of rotatable bonds is 10. The zero-order valence-electron chi connectivity index (χ0n) is 13.4. The first-order valence-electron chi connectivity index (χ1n) is 8.07. The molecule has 0 aliphatic heterocycles. The van der Waals surface area contributed by atoms with Crippen LogP contribution < -0.4 is 0 Å². The average molecular weight is 332 g/mol. The van der Waals surface area contributed by atoms with Crippen LogP contribution in [0.3, 0.4) is 0 Å². The Balaban J connectivity index is 1.84. The minimum absolute atomic E-state index is 0.0140. The molecule has 0 N–H and O–H groups in total. The fourth-order valence-corrected chi connectivity index (χ4v) is 3.83. The minimum Gasteiger partial charge on any atom is -0.469 e. The predicted octanol–water partition coefficient (Wildman–Crippen LogP) is 4.93. The molecule has 0 radical (unpaired) electrons. The van der Waals surface area contributed by atoms with E-state index in [1.54, 1.807) is 30.5 Å². The molecule has 1 heterocycles. The van der Waals surface area contributed by atoms with Crippen LogP contribution in [0.25, 0.3) is 0 Å². The van der Waals surface area contributed by atoms with Gasteiger partial charge >= 0.3 is 0 Å². The lowest BCUT2D eigenvalue weighted by Gasteiger charge is -2.01. The van der Waals surface area contributed by atoms with Crippen LogP contribution in [0.4, 0.5) is 0 Å². The van der Waals surface area contributed by atoms with Crippen molar-refractivity contribution in [2.24, 2.45) is 0 Å². The second kappa shape index (κ2) is 8.73. The van der Waals surface area contributed by atoms with E-state index in [2.05, 4.69) is 6.58 Å². The smallest absolute Gasteiger partial charge is 0.182 e. The highest BCUT2D eigenvalue weighted by molar-refractivity contribution is 7.90. The summed E-state index contributed by atoms with van der Waals surface area (Å²) < 4.78 is 30.1. The van der Waals surface area contributed by atoms with Gasteiger partial charge in [-0.2, -0.15) is 0 Å². The van der Waals surface area contributed by atoms with Crippen molar-refractivity contribution in [3.63, 3.8) is 0 Å². The van der Waals surface area contributed by atoms with Gasteiger partial charge < -0.3 is 4.42 Å². The van der Waals surface area contributed by atoms with Gasteiger partial charge in [-0.25, -0.2) is 8.42 Å². The second-order valence-electron chi connectivity index (χ2n) is 5.73. The minimum atomic E-state index is -3.30. The third-order valence-corrected chi connectivity index (χ3v) is 5.45. The molecule has 0 amide bonds. The van der Waals surface area contributed by atoms with E-state index < -0.39 is 9.84 Å². The molecular formula is C19H24O3S. The van der Waals surface area contributed by atoms with E-state index in [0.717, 1.165) is 37.0 Å². The predicted molar refractivity (Wildman–Crippen MR) is 93.0 cm³/mol. The lowest BCUT2D eigenvalue weighted by atomic mass is 10.1. The Kier molecular flexibility index (Phi) is 6.66. The van der Waals surface area contributed by atoms with Crippen LogP contribution in [0, 0.1) is 0 Å². The van der Waals surface area contributed by atoms with Crippen molar-refractivity contribution in [1.82, 2.24) is 0 Å². The number of aryl methyl sites for hydroxylation is 1. The number of allylic oxidation sites excluding steroid dienone is 1. The number of sulfone groups is 1. The summed E-state index contributed by atoms with van der Waals surface area (Å²) in [6.07, 6.45) is 10.0. The van der Waals surface area contributed by atoms with Crippen LogP contribution >= 0.6 is 0 Å². The highest BCUT2D eigenvalue weighted by atomic mass is 32.2. The number of hydrogen-bond acceptors (Lipinski definition) is 3. The lowest BCUT2D eigenvalue weighted by molar-refractivity contribution is 0.492. The molecule has 1 aromatic carbocycles. The first kappa shape index (κ1) is 17.5. The number of unbranched alkanes of at least 4 members (excludes halogenated alkanes) is 4. The monoisotopic (exact) mass is 332 g/mol. The maximum Gasteiger partial charge on any atom is 0.182 e. The van der Waals surface area contributed by atoms with E-state index in [1.165, 1.54) is 12.8 Å². The van der Waals surface area contributed by atoms with Gasteiger partial charge in [-0.1, -0.05) is 37.1 Å². The maximum absolute atomic E-state index is 12.3.